The number of anilines is 1. The van der Waals surface area contributed by atoms with Crippen LogP contribution in [0, 0.1) is 5.82 Å². The third-order valence-electron chi connectivity index (χ3n) is 4.71. The van der Waals surface area contributed by atoms with Crippen LogP contribution < -0.4 is 19.5 Å². The summed E-state index contributed by atoms with van der Waals surface area (Å²) in [6.07, 6.45) is 0.482. The van der Waals surface area contributed by atoms with Crippen LogP contribution in [0.1, 0.15) is 15.9 Å². The van der Waals surface area contributed by atoms with Crippen LogP contribution in [0.3, 0.4) is 0 Å². The highest BCUT2D eigenvalue weighted by Crippen LogP contribution is 2.28. The molecule has 7 nitrogen and oxygen atoms in total. The predicted octanol–water partition coefficient (Wildman–Crippen LogP) is 3.62. The fourth-order valence-electron chi connectivity index (χ4n) is 2.99. The van der Waals surface area contributed by atoms with Crippen molar-refractivity contribution in [1.29, 1.82) is 0 Å². The Kier molecular flexibility index (Phi) is 7.45. The maximum Gasteiger partial charge on any atom is 0.258 e. The van der Waals surface area contributed by atoms with Crippen LogP contribution in [0.15, 0.2) is 71.6 Å². The maximum atomic E-state index is 13.9. The van der Waals surface area contributed by atoms with E-state index in [9.17, 15) is 17.6 Å². The topological polar surface area (TPSA) is 93.7 Å². The highest BCUT2D eigenvalue weighted by molar-refractivity contribution is 7.89. The van der Waals surface area contributed by atoms with Gasteiger partial charge in [0.2, 0.25) is 10.0 Å². The summed E-state index contributed by atoms with van der Waals surface area (Å²) >= 11 is 0. The third kappa shape index (κ3) is 5.63. The summed E-state index contributed by atoms with van der Waals surface area (Å²) in [6.45, 7) is 0.178. The number of hydrogen-bond donors (Lipinski definition) is 2. The Morgan fingerprint density at radius 1 is 0.969 bits per heavy atom. The average Bonchev–Trinajstić information content (AvgIpc) is 2.79. The Hall–Kier alpha value is -3.43. The largest absolute Gasteiger partial charge is 0.497 e. The van der Waals surface area contributed by atoms with Crippen molar-refractivity contribution in [2.24, 2.45) is 0 Å². The second-order valence-electron chi connectivity index (χ2n) is 6.79. The van der Waals surface area contributed by atoms with Gasteiger partial charge < -0.3 is 14.8 Å². The van der Waals surface area contributed by atoms with E-state index in [0.717, 1.165) is 11.3 Å². The Bertz CT molecular complexity index is 1200. The number of benzene rings is 3. The first kappa shape index (κ1) is 23.2. The van der Waals surface area contributed by atoms with Gasteiger partial charge in [0.15, 0.2) is 0 Å². The number of amides is 1. The van der Waals surface area contributed by atoms with Crippen molar-refractivity contribution in [3.63, 3.8) is 0 Å². The molecule has 168 valence electrons. The van der Waals surface area contributed by atoms with Gasteiger partial charge in [-0.1, -0.05) is 24.3 Å². The van der Waals surface area contributed by atoms with Gasteiger partial charge in [-0.25, -0.2) is 17.5 Å². The second kappa shape index (κ2) is 10.3. The van der Waals surface area contributed by atoms with E-state index < -0.39 is 21.7 Å². The fourth-order valence-corrected chi connectivity index (χ4v) is 4.05. The van der Waals surface area contributed by atoms with Gasteiger partial charge in [-0.05, 0) is 54.4 Å². The average molecular weight is 459 g/mol. The van der Waals surface area contributed by atoms with Crippen molar-refractivity contribution in [2.75, 3.05) is 26.1 Å². The Labute approximate surface area is 186 Å². The quantitative estimate of drug-likeness (QED) is 0.511. The third-order valence-corrected chi connectivity index (χ3v) is 6.17. The molecule has 0 heterocycles. The van der Waals surface area contributed by atoms with Gasteiger partial charge >= 0.3 is 0 Å². The maximum absolute atomic E-state index is 13.9. The lowest BCUT2D eigenvalue weighted by molar-refractivity contribution is 0.102. The summed E-state index contributed by atoms with van der Waals surface area (Å²) in [4.78, 5) is 12.4. The number of nitrogens with one attached hydrogen (secondary N) is 2. The minimum Gasteiger partial charge on any atom is -0.497 e. The van der Waals surface area contributed by atoms with E-state index in [1.165, 1.54) is 49.6 Å². The zero-order valence-corrected chi connectivity index (χ0v) is 18.4. The smallest absolute Gasteiger partial charge is 0.258 e. The number of sulfonamides is 1. The lowest BCUT2D eigenvalue weighted by Gasteiger charge is -2.13. The molecule has 0 aliphatic heterocycles. The van der Waals surface area contributed by atoms with Crippen LogP contribution in [0.4, 0.5) is 10.1 Å². The lowest BCUT2D eigenvalue weighted by atomic mass is 10.1. The molecule has 9 heteroatoms. The molecule has 3 aromatic carbocycles. The van der Waals surface area contributed by atoms with E-state index in [0.29, 0.717) is 6.42 Å². The minimum absolute atomic E-state index is 0.0585. The summed E-state index contributed by atoms with van der Waals surface area (Å²) < 4.78 is 52.2. The van der Waals surface area contributed by atoms with Crippen molar-refractivity contribution in [1.82, 2.24) is 4.72 Å². The number of rotatable bonds is 9. The number of methoxy groups -OCH3 is 2. The standard InChI is InChI=1S/C23H23FN2O5S/c1-30-17-9-7-16(8-10-17)13-14-25-32(28,29)18-11-12-22(31-2)21(15-18)26-23(27)19-5-3-4-6-20(19)24/h3-12,15,25H,13-14H2,1-2H3,(H,26,27). The monoisotopic (exact) mass is 458 g/mol. The molecule has 0 bridgehead atoms. The van der Waals surface area contributed by atoms with E-state index in [1.54, 1.807) is 19.2 Å². The highest BCUT2D eigenvalue weighted by Gasteiger charge is 2.19. The van der Waals surface area contributed by atoms with Gasteiger partial charge in [0.25, 0.3) is 5.91 Å². The Balaban J connectivity index is 1.73. The first-order valence-electron chi connectivity index (χ1n) is 9.70. The molecular formula is C23H23FN2O5S. The molecule has 0 aromatic heterocycles. The van der Waals surface area contributed by atoms with E-state index >= 15 is 0 Å². The van der Waals surface area contributed by atoms with Gasteiger partial charge in [0, 0.05) is 6.54 Å². The fraction of sp³-hybridized carbons (Fsp3) is 0.174. The molecule has 2 N–H and O–H groups in total. The lowest BCUT2D eigenvalue weighted by Crippen LogP contribution is -2.26. The summed E-state index contributed by atoms with van der Waals surface area (Å²) in [5.74, 6) is -0.444. The second-order valence-corrected chi connectivity index (χ2v) is 8.56. The molecule has 0 saturated heterocycles. The van der Waals surface area contributed by atoms with E-state index in [1.807, 2.05) is 12.1 Å². The number of carbonyl (C=O) groups is 1. The molecule has 0 saturated carbocycles. The van der Waals surface area contributed by atoms with Crippen LogP contribution in [0.2, 0.25) is 0 Å². The molecule has 3 rings (SSSR count). The van der Waals surface area contributed by atoms with Crippen LogP contribution in [-0.2, 0) is 16.4 Å². The van der Waals surface area contributed by atoms with Crippen LogP contribution in [0.5, 0.6) is 11.5 Å². The van der Waals surface area contributed by atoms with Crippen molar-refractivity contribution in [3.05, 3.63) is 83.7 Å². The van der Waals surface area contributed by atoms with Crippen molar-refractivity contribution < 1.29 is 27.1 Å². The molecule has 1 amide bonds. The number of halogens is 1. The highest BCUT2D eigenvalue weighted by atomic mass is 32.2. The van der Waals surface area contributed by atoms with Crippen LogP contribution in [0.25, 0.3) is 0 Å². The van der Waals surface area contributed by atoms with Gasteiger partial charge in [-0.2, -0.15) is 0 Å². The van der Waals surface area contributed by atoms with Crippen LogP contribution in [-0.4, -0.2) is 35.1 Å². The normalized spacial score (nSPS) is 11.1. The molecule has 0 aliphatic rings. The van der Waals surface area contributed by atoms with E-state index in [4.69, 9.17) is 9.47 Å². The van der Waals surface area contributed by atoms with Crippen molar-refractivity contribution in [2.45, 2.75) is 11.3 Å². The summed E-state index contributed by atoms with van der Waals surface area (Å²) in [6, 6.07) is 16.9. The molecule has 0 spiro atoms. The van der Waals surface area contributed by atoms with E-state index in [2.05, 4.69) is 10.0 Å². The molecule has 3 aromatic rings. The molecule has 0 atom stereocenters. The van der Waals surface area contributed by atoms with Crippen molar-refractivity contribution >= 4 is 21.6 Å². The summed E-state index contributed by atoms with van der Waals surface area (Å²) in [5, 5.41) is 2.52. The van der Waals surface area contributed by atoms with Crippen LogP contribution >= 0.6 is 0 Å². The van der Waals surface area contributed by atoms with Gasteiger partial charge in [0.1, 0.15) is 17.3 Å². The minimum atomic E-state index is -3.85. The number of ether oxygens (including phenoxy) is 2. The molecule has 32 heavy (non-hydrogen) atoms. The molecule has 0 unspecified atom stereocenters. The zero-order chi connectivity index (χ0) is 23.1. The SMILES string of the molecule is COc1ccc(CCNS(=O)(=O)c2ccc(OC)c(NC(=O)c3ccccc3F)c2)cc1. The Morgan fingerprint density at radius 3 is 2.34 bits per heavy atom. The Morgan fingerprint density at radius 2 is 1.69 bits per heavy atom. The van der Waals surface area contributed by atoms with Gasteiger partial charge in [-0.3, -0.25) is 4.79 Å². The van der Waals surface area contributed by atoms with Crippen molar-refractivity contribution in [3.8, 4) is 11.5 Å². The van der Waals surface area contributed by atoms with Gasteiger partial charge in [0.05, 0.1) is 30.4 Å². The zero-order valence-electron chi connectivity index (χ0n) is 17.6. The first-order valence-corrected chi connectivity index (χ1v) is 11.2. The first-order chi connectivity index (χ1) is 15.3. The van der Waals surface area contributed by atoms with Gasteiger partial charge in [-0.15, -0.1) is 0 Å². The number of carbonyl (C=O) groups excluding carboxylic acids is 1. The molecule has 0 radical (unpaired) electrons. The van der Waals surface area contributed by atoms with E-state index in [-0.39, 0.29) is 28.4 Å². The summed E-state index contributed by atoms with van der Waals surface area (Å²) in [7, 11) is -0.896. The molecule has 0 fully saturated rings. The summed E-state index contributed by atoms with van der Waals surface area (Å²) in [5.41, 5.74) is 0.889. The predicted molar refractivity (Wildman–Crippen MR) is 119 cm³/mol. The number of hydrogen-bond acceptors (Lipinski definition) is 5. The molecule has 0 aliphatic carbocycles. The molecular weight excluding hydrogens is 435 g/mol.